The standard InChI is InChI=1S/C14H24ClN5/c1-4-11(3)19-6-8-20(9-7-19)13-12(15)10-17-14(18-13)16-5-2/h10-11H,4-9H2,1-3H3,(H,16,17,18). The molecule has 1 saturated heterocycles. The van der Waals surface area contributed by atoms with E-state index in [1.165, 1.54) is 6.42 Å². The van der Waals surface area contributed by atoms with Crippen LogP contribution < -0.4 is 10.2 Å². The fraction of sp³-hybridized carbons (Fsp3) is 0.714. The Kier molecular flexibility index (Phi) is 5.43. The quantitative estimate of drug-likeness (QED) is 0.904. The van der Waals surface area contributed by atoms with Crippen molar-refractivity contribution in [3.63, 3.8) is 0 Å². The van der Waals surface area contributed by atoms with Crippen molar-refractivity contribution < 1.29 is 0 Å². The molecule has 20 heavy (non-hydrogen) atoms. The number of anilines is 2. The Labute approximate surface area is 126 Å². The van der Waals surface area contributed by atoms with E-state index in [9.17, 15) is 0 Å². The molecular formula is C14H24ClN5. The second-order valence-corrected chi connectivity index (χ2v) is 5.58. The summed E-state index contributed by atoms with van der Waals surface area (Å²) in [5.41, 5.74) is 0. The van der Waals surface area contributed by atoms with Crippen molar-refractivity contribution in [2.24, 2.45) is 0 Å². The summed E-state index contributed by atoms with van der Waals surface area (Å²) in [6.07, 6.45) is 2.88. The highest BCUT2D eigenvalue weighted by Gasteiger charge is 2.22. The molecule has 0 aliphatic carbocycles. The Balaban J connectivity index is 2.04. The molecule has 6 heteroatoms. The average Bonchev–Trinajstić information content (AvgIpc) is 2.49. The van der Waals surface area contributed by atoms with E-state index in [-0.39, 0.29) is 0 Å². The van der Waals surface area contributed by atoms with E-state index in [0.29, 0.717) is 17.0 Å². The third-order valence-corrected chi connectivity index (χ3v) is 4.16. The van der Waals surface area contributed by atoms with Crippen LogP contribution >= 0.6 is 11.6 Å². The van der Waals surface area contributed by atoms with Gasteiger partial charge >= 0.3 is 0 Å². The summed E-state index contributed by atoms with van der Waals surface area (Å²) in [5.74, 6) is 1.50. The van der Waals surface area contributed by atoms with Crippen molar-refractivity contribution in [2.75, 3.05) is 42.9 Å². The van der Waals surface area contributed by atoms with Gasteiger partial charge in [-0.15, -0.1) is 0 Å². The van der Waals surface area contributed by atoms with Crippen LogP contribution in [0, 0.1) is 0 Å². The lowest BCUT2D eigenvalue weighted by molar-refractivity contribution is 0.192. The van der Waals surface area contributed by atoms with Gasteiger partial charge in [0.2, 0.25) is 5.95 Å². The average molecular weight is 298 g/mol. The summed E-state index contributed by atoms with van der Waals surface area (Å²) < 4.78 is 0. The van der Waals surface area contributed by atoms with Gasteiger partial charge in [-0.25, -0.2) is 4.98 Å². The lowest BCUT2D eigenvalue weighted by atomic mass is 10.2. The smallest absolute Gasteiger partial charge is 0.224 e. The van der Waals surface area contributed by atoms with Gasteiger partial charge < -0.3 is 10.2 Å². The molecule has 0 bridgehead atoms. The summed E-state index contributed by atoms with van der Waals surface area (Å²) in [7, 11) is 0. The van der Waals surface area contributed by atoms with Gasteiger partial charge in [-0.2, -0.15) is 4.98 Å². The Morgan fingerprint density at radius 2 is 2.00 bits per heavy atom. The monoisotopic (exact) mass is 297 g/mol. The highest BCUT2D eigenvalue weighted by atomic mass is 35.5. The molecule has 1 aromatic rings. The third-order valence-electron chi connectivity index (χ3n) is 3.89. The maximum atomic E-state index is 6.25. The van der Waals surface area contributed by atoms with Crippen molar-refractivity contribution in [3.05, 3.63) is 11.2 Å². The number of piperazine rings is 1. The van der Waals surface area contributed by atoms with E-state index in [1.807, 2.05) is 6.92 Å². The van der Waals surface area contributed by atoms with Gasteiger partial charge in [0.15, 0.2) is 5.82 Å². The Bertz CT molecular complexity index is 432. The highest BCUT2D eigenvalue weighted by Crippen LogP contribution is 2.25. The Morgan fingerprint density at radius 1 is 1.30 bits per heavy atom. The van der Waals surface area contributed by atoms with Gasteiger partial charge in [-0.1, -0.05) is 18.5 Å². The van der Waals surface area contributed by atoms with E-state index in [1.54, 1.807) is 6.20 Å². The molecule has 1 unspecified atom stereocenters. The van der Waals surface area contributed by atoms with Crippen LogP contribution in [-0.2, 0) is 0 Å². The molecule has 1 fully saturated rings. The normalized spacial score (nSPS) is 18.1. The zero-order valence-corrected chi connectivity index (χ0v) is 13.3. The minimum absolute atomic E-state index is 0.628. The molecule has 0 aromatic carbocycles. The van der Waals surface area contributed by atoms with Crippen LogP contribution in [0.1, 0.15) is 27.2 Å². The number of rotatable bonds is 5. The Hall–Kier alpha value is -1.07. The van der Waals surface area contributed by atoms with E-state index in [0.717, 1.165) is 38.5 Å². The van der Waals surface area contributed by atoms with Crippen LogP contribution in [0.3, 0.4) is 0 Å². The number of hydrogen-bond acceptors (Lipinski definition) is 5. The summed E-state index contributed by atoms with van der Waals surface area (Å²) in [4.78, 5) is 13.5. The summed E-state index contributed by atoms with van der Waals surface area (Å²) in [6.45, 7) is 11.4. The number of hydrogen-bond donors (Lipinski definition) is 1. The molecule has 0 amide bonds. The summed E-state index contributed by atoms with van der Waals surface area (Å²) >= 11 is 6.25. The molecule has 1 aliphatic rings. The number of nitrogens with zero attached hydrogens (tertiary/aromatic N) is 4. The van der Waals surface area contributed by atoms with Gasteiger partial charge in [-0.3, -0.25) is 4.90 Å². The molecule has 0 radical (unpaired) electrons. The van der Waals surface area contributed by atoms with Crippen LogP contribution in [-0.4, -0.2) is 53.6 Å². The predicted octanol–water partition coefficient (Wildman–Crippen LogP) is 2.48. The fourth-order valence-corrected chi connectivity index (χ4v) is 2.67. The molecule has 2 rings (SSSR count). The summed E-state index contributed by atoms with van der Waals surface area (Å²) in [6, 6.07) is 0.648. The second-order valence-electron chi connectivity index (χ2n) is 5.18. The van der Waals surface area contributed by atoms with E-state index in [4.69, 9.17) is 11.6 Å². The molecule has 2 heterocycles. The molecule has 5 nitrogen and oxygen atoms in total. The minimum Gasteiger partial charge on any atom is -0.354 e. The van der Waals surface area contributed by atoms with Crippen molar-refractivity contribution >= 4 is 23.4 Å². The van der Waals surface area contributed by atoms with E-state index in [2.05, 4.69) is 38.9 Å². The highest BCUT2D eigenvalue weighted by molar-refractivity contribution is 6.32. The first-order valence-electron chi connectivity index (χ1n) is 7.41. The van der Waals surface area contributed by atoms with E-state index >= 15 is 0 Å². The van der Waals surface area contributed by atoms with Gasteiger partial charge in [0.1, 0.15) is 5.02 Å². The number of nitrogens with one attached hydrogen (secondary N) is 1. The molecule has 1 aromatic heterocycles. The first kappa shape index (κ1) is 15.3. The molecule has 0 saturated carbocycles. The first-order valence-corrected chi connectivity index (χ1v) is 7.78. The van der Waals surface area contributed by atoms with Gasteiger partial charge in [0, 0.05) is 38.8 Å². The van der Waals surface area contributed by atoms with Crippen molar-refractivity contribution in [2.45, 2.75) is 33.2 Å². The maximum absolute atomic E-state index is 6.25. The van der Waals surface area contributed by atoms with Crippen LogP contribution in [0.5, 0.6) is 0 Å². The maximum Gasteiger partial charge on any atom is 0.224 e. The van der Waals surface area contributed by atoms with Crippen molar-refractivity contribution in [1.82, 2.24) is 14.9 Å². The van der Waals surface area contributed by atoms with E-state index < -0.39 is 0 Å². The topological polar surface area (TPSA) is 44.3 Å². The Morgan fingerprint density at radius 3 is 2.60 bits per heavy atom. The fourth-order valence-electron chi connectivity index (χ4n) is 2.46. The molecule has 0 spiro atoms. The molecule has 112 valence electrons. The summed E-state index contributed by atoms with van der Waals surface area (Å²) in [5, 5.41) is 3.76. The van der Waals surface area contributed by atoms with Crippen LogP contribution in [0.2, 0.25) is 5.02 Å². The zero-order chi connectivity index (χ0) is 14.5. The lowest BCUT2D eigenvalue weighted by Gasteiger charge is -2.38. The van der Waals surface area contributed by atoms with Crippen molar-refractivity contribution in [1.29, 1.82) is 0 Å². The SMILES string of the molecule is CCNc1ncc(Cl)c(N2CCN(C(C)CC)CC2)n1. The third kappa shape index (κ3) is 3.52. The first-order chi connectivity index (χ1) is 9.65. The molecule has 1 N–H and O–H groups in total. The van der Waals surface area contributed by atoms with Crippen molar-refractivity contribution in [3.8, 4) is 0 Å². The van der Waals surface area contributed by atoms with Gasteiger partial charge in [0.25, 0.3) is 0 Å². The molecule has 1 atom stereocenters. The molecule has 1 aliphatic heterocycles. The largest absolute Gasteiger partial charge is 0.354 e. The predicted molar refractivity (Wildman–Crippen MR) is 84.7 cm³/mol. The van der Waals surface area contributed by atoms with Gasteiger partial charge in [0.05, 0.1) is 6.20 Å². The number of halogens is 1. The van der Waals surface area contributed by atoms with Gasteiger partial charge in [-0.05, 0) is 20.3 Å². The lowest BCUT2D eigenvalue weighted by Crippen LogP contribution is -2.49. The molecular weight excluding hydrogens is 274 g/mol. The van der Waals surface area contributed by atoms with Crippen LogP contribution in [0.25, 0.3) is 0 Å². The second kappa shape index (κ2) is 7.09. The minimum atomic E-state index is 0.628. The van der Waals surface area contributed by atoms with Crippen LogP contribution in [0.15, 0.2) is 6.20 Å². The number of aromatic nitrogens is 2. The van der Waals surface area contributed by atoms with Crippen LogP contribution in [0.4, 0.5) is 11.8 Å². The zero-order valence-electron chi connectivity index (χ0n) is 12.6.